The number of halogens is 1. The van der Waals surface area contributed by atoms with Gasteiger partial charge in [0.15, 0.2) is 6.29 Å². The quantitative estimate of drug-likeness (QED) is 0.734. The number of benzene rings is 1. The summed E-state index contributed by atoms with van der Waals surface area (Å²) in [4.78, 5) is 11.2. The van der Waals surface area contributed by atoms with Crippen LogP contribution in [0.15, 0.2) is 18.2 Å². The molecule has 0 aliphatic rings. The topological polar surface area (TPSA) is 26.3 Å². The molecule has 72 valence electrons. The first-order valence-corrected chi connectivity index (χ1v) is 5.17. The molecule has 0 saturated heterocycles. The summed E-state index contributed by atoms with van der Waals surface area (Å²) in [6.45, 7) is 0. The first-order valence-electron chi connectivity index (χ1n) is 3.98. The molecule has 2 nitrogen and oxygen atoms in total. The molecule has 2 rings (SSSR count). The summed E-state index contributed by atoms with van der Waals surface area (Å²) in [6.07, 6.45) is 0.770. The van der Waals surface area contributed by atoms with Crippen LogP contribution in [0.25, 0.3) is 10.1 Å². The number of methoxy groups -OCH3 is 1. The van der Waals surface area contributed by atoms with E-state index in [1.165, 1.54) is 11.3 Å². The monoisotopic (exact) mass is 226 g/mol. The van der Waals surface area contributed by atoms with E-state index in [4.69, 9.17) is 16.3 Å². The largest absolute Gasteiger partial charge is 0.495 e. The van der Waals surface area contributed by atoms with Gasteiger partial charge in [0.05, 0.1) is 21.7 Å². The fraction of sp³-hybridized carbons (Fsp3) is 0.100. The molecule has 4 heteroatoms. The van der Waals surface area contributed by atoms with Crippen molar-refractivity contribution in [1.29, 1.82) is 0 Å². The highest BCUT2D eigenvalue weighted by atomic mass is 35.5. The number of thiophene rings is 1. The highest BCUT2D eigenvalue weighted by Crippen LogP contribution is 2.39. The van der Waals surface area contributed by atoms with E-state index in [1.54, 1.807) is 7.11 Å². The van der Waals surface area contributed by atoms with Crippen molar-refractivity contribution in [3.8, 4) is 5.75 Å². The number of hydrogen-bond donors (Lipinski definition) is 0. The second-order valence-electron chi connectivity index (χ2n) is 2.74. The Balaban J connectivity index is 2.83. The molecule has 1 aromatic heterocycles. The van der Waals surface area contributed by atoms with E-state index in [1.807, 2.05) is 18.2 Å². The zero-order valence-corrected chi connectivity index (χ0v) is 8.98. The van der Waals surface area contributed by atoms with Crippen molar-refractivity contribution in [3.63, 3.8) is 0 Å². The van der Waals surface area contributed by atoms with Crippen LogP contribution in [0, 0.1) is 0 Å². The fourth-order valence-electron chi connectivity index (χ4n) is 1.32. The summed E-state index contributed by atoms with van der Waals surface area (Å²) in [6, 6.07) is 5.59. The summed E-state index contributed by atoms with van der Waals surface area (Å²) in [5.74, 6) is 0.752. The summed E-state index contributed by atoms with van der Waals surface area (Å²) < 4.78 is 6.09. The fourth-order valence-corrected chi connectivity index (χ4v) is 2.69. The molecular weight excluding hydrogens is 220 g/mol. The van der Waals surface area contributed by atoms with Crippen LogP contribution in [0.4, 0.5) is 0 Å². The Labute approximate surface area is 90.1 Å². The van der Waals surface area contributed by atoms with Crippen LogP contribution in [0.2, 0.25) is 5.02 Å². The number of rotatable bonds is 2. The van der Waals surface area contributed by atoms with Crippen molar-refractivity contribution in [2.75, 3.05) is 7.11 Å². The first-order chi connectivity index (χ1) is 6.77. The van der Waals surface area contributed by atoms with Crippen LogP contribution in [0.3, 0.4) is 0 Å². The second-order valence-corrected chi connectivity index (χ2v) is 4.17. The van der Waals surface area contributed by atoms with Crippen molar-refractivity contribution >= 4 is 39.3 Å². The molecule has 0 unspecified atom stereocenters. The summed E-state index contributed by atoms with van der Waals surface area (Å²) in [5, 5.41) is 1.39. The van der Waals surface area contributed by atoms with Gasteiger partial charge < -0.3 is 4.74 Å². The normalized spacial score (nSPS) is 10.4. The number of fused-ring (bicyclic) bond motifs is 1. The number of aldehydes is 1. The average Bonchev–Trinajstić information content (AvgIpc) is 2.55. The third-order valence-corrected chi connectivity index (χ3v) is 3.64. The van der Waals surface area contributed by atoms with E-state index in [0.29, 0.717) is 9.90 Å². The molecule has 0 aliphatic carbocycles. The maximum Gasteiger partial charge on any atom is 0.161 e. The molecule has 14 heavy (non-hydrogen) atoms. The van der Waals surface area contributed by atoms with Crippen molar-refractivity contribution in [1.82, 2.24) is 0 Å². The lowest BCUT2D eigenvalue weighted by Gasteiger charge is -1.99. The Kier molecular flexibility index (Phi) is 2.44. The summed E-state index contributed by atoms with van der Waals surface area (Å²) in [7, 11) is 1.60. The summed E-state index contributed by atoms with van der Waals surface area (Å²) >= 11 is 7.36. The third kappa shape index (κ3) is 1.29. The molecule has 0 bridgehead atoms. The van der Waals surface area contributed by atoms with E-state index >= 15 is 0 Å². The Morgan fingerprint density at radius 3 is 2.93 bits per heavy atom. The first kappa shape index (κ1) is 9.49. The molecule has 0 amide bonds. The van der Waals surface area contributed by atoms with Gasteiger partial charge in [-0.3, -0.25) is 4.79 Å². The summed E-state index contributed by atoms with van der Waals surface area (Å²) in [5.41, 5.74) is 0. The van der Waals surface area contributed by atoms with E-state index in [0.717, 1.165) is 22.1 Å². The molecule has 2 aromatic rings. The van der Waals surface area contributed by atoms with Gasteiger partial charge in [0.1, 0.15) is 5.75 Å². The Morgan fingerprint density at radius 2 is 2.29 bits per heavy atom. The van der Waals surface area contributed by atoms with Crippen LogP contribution < -0.4 is 4.74 Å². The van der Waals surface area contributed by atoms with E-state index in [9.17, 15) is 4.79 Å². The Bertz CT molecular complexity index is 490. The molecule has 1 aromatic carbocycles. The minimum atomic E-state index is 0.513. The number of hydrogen-bond acceptors (Lipinski definition) is 3. The zero-order valence-electron chi connectivity index (χ0n) is 7.41. The molecule has 0 atom stereocenters. The Hall–Kier alpha value is -1.06. The van der Waals surface area contributed by atoms with Crippen LogP contribution in [0.5, 0.6) is 5.75 Å². The van der Waals surface area contributed by atoms with Gasteiger partial charge in [0, 0.05) is 5.39 Å². The molecule has 0 spiro atoms. The predicted molar refractivity (Wildman–Crippen MR) is 58.8 cm³/mol. The van der Waals surface area contributed by atoms with Gasteiger partial charge in [-0.2, -0.15) is 0 Å². The Morgan fingerprint density at radius 1 is 1.50 bits per heavy atom. The molecule has 0 fully saturated rings. The van der Waals surface area contributed by atoms with Crippen molar-refractivity contribution < 1.29 is 9.53 Å². The third-order valence-electron chi connectivity index (χ3n) is 1.97. The molecule has 0 radical (unpaired) electrons. The highest BCUT2D eigenvalue weighted by Gasteiger charge is 2.12. The molecule has 0 aliphatic heterocycles. The minimum Gasteiger partial charge on any atom is -0.495 e. The van der Waals surface area contributed by atoms with Crippen molar-refractivity contribution in [2.45, 2.75) is 0 Å². The van der Waals surface area contributed by atoms with Gasteiger partial charge in [-0.15, -0.1) is 11.3 Å². The second kappa shape index (κ2) is 3.59. The van der Waals surface area contributed by atoms with Crippen LogP contribution in [-0.2, 0) is 0 Å². The van der Waals surface area contributed by atoms with Crippen molar-refractivity contribution in [3.05, 3.63) is 28.1 Å². The molecular formula is C10H7ClO2S. The molecule has 0 saturated carbocycles. The van der Waals surface area contributed by atoms with E-state index < -0.39 is 0 Å². The van der Waals surface area contributed by atoms with Gasteiger partial charge >= 0.3 is 0 Å². The number of carbonyl (C=O) groups is 1. The van der Waals surface area contributed by atoms with Gasteiger partial charge in [0.2, 0.25) is 0 Å². The van der Waals surface area contributed by atoms with Gasteiger partial charge in [-0.05, 0) is 6.07 Å². The minimum absolute atomic E-state index is 0.513. The van der Waals surface area contributed by atoms with Crippen LogP contribution in [-0.4, -0.2) is 13.4 Å². The molecule has 0 N–H and O–H groups in total. The zero-order chi connectivity index (χ0) is 10.1. The highest BCUT2D eigenvalue weighted by molar-refractivity contribution is 7.21. The van der Waals surface area contributed by atoms with E-state index in [-0.39, 0.29) is 0 Å². The lowest BCUT2D eigenvalue weighted by Crippen LogP contribution is -1.80. The maximum atomic E-state index is 10.7. The van der Waals surface area contributed by atoms with Gasteiger partial charge in [-0.25, -0.2) is 0 Å². The lowest BCUT2D eigenvalue weighted by molar-refractivity contribution is 0.112. The average molecular weight is 227 g/mol. The number of ether oxygens (including phenoxy) is 1. The maximum absolute atomic E-state index is 10.7. The van der Waals surface area contributed by atoms with E-state index in [2.05, 4.69) is 0 Å². The van der Waals surface area contributed by atoms with Crippen LogP contribution in [0.1, 0.15) is 9.67 Å². The van der Waals surface area contributed by atoms with Gasteiger partial charge in [-0.1, -0.05) is 23.7 Å². The predicted octanol–water partition coefficient (Wildman–Crippen LogP) is 3.38. The van der Waals surface area contributed by atoms with Crippen molar-refractivity contribution in [2.24, 2.45) is 0 Å². The SMILES string of the molecule is COc1cccc2c(Cl)c(C=O)sc12. The smallest absolute Gasteiger partial charge is 0.161 e. The van der Waals surface area contributed by atoms with Gasteiger partial charge in [0.25, 0.3) is 0 Å². The standard InChI is InChI=1S/C10H7ClO2S/c1-13-7-4-2-3-6-9(11)8(5-12)14-10(6)7/h2-5H,1H3. The van der Waals surface area contributed by atoms with Crippen LogP contribution >= 0.6 is 22.9 Å². The molecule has 1 heterocycles. The number of carbonyl (C=O) groups excluding carboxylic acids is 1. The lowest BCUT2D eigenvalue weighted by atomic mass is 10.2.